The molecule has 1 unspecified atom stereocenters. The number of carbonyl (C=O) groups excluding carboxylic acids is 1. The summed E-state index contributed by atoms with van der Waals surface area (Å²) in [5.74, 6) is 5.27. The summed E-state index contributed by atoms with van der Waals surface area (Å²) in [5, 5.41) is 11.6. The monoisotopic (exact) mass is 283 g/mol. The van der Waals surface area contributed by atoms with Gasteiger partial charge >= 0.3 is 0 Å². The van der Waals surface area contributed by atoms with Crippen LogP contribution < -0.4 is 5.32 Å². The Morgan fingerprint density at radius 1 is 1.43 bits per heavy atom. The Hall–Kier alpha value is -2.58. The van der Waals surface area contributed by atoms with Crippen molar-refractivity contribution in [1.29, 1.82) is 0 Å². The molecule has 0 bridgehead atoms. The van der Waals surface area contributed by atoms with Crippen LogP contribution in [0.25, 0.3) is 0 Å². The van der Waals surface area contributed by atoms with Crippen LogP contribution in [0.2, 0.25) is 0 Å². The lowest BCUT2D eigenvalue weighted by molar-refractivity contribution is 0.0931. The Kier molecular flexibility index (Phi) is 4.75. The summed E-state index contributed by atoms with van der Waals surface area (Å²) in [4.78, 5) is 16.0. The van der Waals surface area contributed by atoms with E-state index in [0.717, 1.165) is 11.1 Å². The van der Waals surface area contributed by atoms with Gasteiger partial charge < -0.3 is 15.0 Å². The topological polar surface area (TPSA) is 67.2 Å². The van der Waals surface area contributed by atoms with Gasteiger partial charge in [0.2, 0.25) is 0 Å². The van der Waals surface area contributed by atoms with E-state index in [2.05, 4.69) is 22.1 Å². The highest BCUT2D eigenvalue weighted by molar-refractivity contribution is 5.92. The van der Waals surface area contributed by atoms with Gasteiger partial charge in [0.1, 0.15) is 12.3 Å². The molecule has 1 aromatic carbocycles. The summed E-state index contributed by atoms with van der Waals surface area (Å²) < 4.78 is 1.68. The summed E-state index contributed by atoms with van der Waals surface area (Å²) in [5.41, 5.74) is 2.34. The number of benzene rings is 1. The highest BCUT2D eigenvalue weighted by atomic mass is 16.2. The zero-order valence-electron chi connectivity index (χ0n) is 12.0. The number of aryl methyl sites for hydroxylation is 1. The predicted molar refractivity (Wildman–Crippen MR) is 79.5 cm³/mol. The maximum atomic E-state index is 12.1. The summed E-state index contributed by atoms with van der Waals surface area (Å²) in [6.07, 6.45) is 3.13. The molecule has 0 aliphatic heterocycles. The Labute approximate surface area is 123 Å². The van der Waals surface area contributed by atoms with Crippen molar-refractivity contribution in [1.82, 2.24) is 14.9 Å². The van der Waals surface area contributed by atoms with E-state index in [4.69, 9.17) is 5.11 Å². The van der Waals surface area contributed by atoms with E-state index in [0.29, 0.717) is 5.69 Å². The molecular formula is C16H17N3O2. The molecule has 0 aliphatic carbocycles. The minimum atomic E-state index is -0.161. The second kappa shape index (κ2) is 6.73. The number of amides is 1. The molecule has 0 saturated heterocycles. The molecule has 2 rings (SSSR count). The fraction of sp³-hybridized carbons (Fsp3) is 0.250. The van der Waals surface area contributed by atoms with Crippen LogP contribution in [0, 0.1) is 11.8 Å². The van der Waals surface area contributed by atoms with E-state index in [1.165, 1.54) is 6.20 Å². The van der Waals surface area contributed by atoms with E-state index in [-0.39, 0.29) is 18.6 Å². The van der Waals surface area contributed by atoms with Crippen molar-refractivity contribution >= 4 is 5.91 Å². The zero-order valence-corrected chi connectivity index (χ0v) is 12.0. The first-order valence-electron chi connectivity index (χ1n) is 6.58. The van der Waals surface area contributed by atoms with E-state index < -0.39 is 0 Å². The molecule has 1 aromatic heterocycles. The Morgan fingerprint density at radius 3 is 2.71 bits per heavy atom. The molecule has 1 atom stereocenters. The maximum absolute atomic E-state index is 12.1. The van der Waals surface area contributed by atoms with Crippen molar-refractivity contribution in [2.45, 2.75) is 13.0 Å². The number of carbonyl (C=O) groups is 1. The Bertz CT molecular complexity index is 678. The summed E-state index contributed by atoms with van der Waals surface area (Å²) >= 11 is 0. The number of aromatic nitrogens is 2. The lowest BCUT2D eigenvalue weighted by Gasteiger charge is -2.14. The van der Waals surface area contributed by atoms with Crippen LogP contribution in [0.3, 0.4) is 0 Å². The number of imidazole rings is 1. The second-order valence-corrected chi connectivity index (χ2v) is 4.67. The van der Waals surface area contributed by atoms with Crippen molar-refractivity contribution in [3.05, 3.63) is 53.6 Å². The van der Waals surface area contributed by atoms with Crippen LogP contribution in [0.4, 0.5) is 0 Å². The van der Waals surface area contributed by atoms with Gasteiger partial charge in [-0.15, -0.1) is 0 Å². The molecule has 0 aliphatic rings. The average Bonchev–Trinajstić information content (AvgIpc) is 2.91. The van der Waals surface area contributed by atoms with Crippen molar-refractivity contribution < 1.29 is 9.90 Å². The molecule has 5 heteroatoms. The van der Waals surface area contributed by atoms with E-state index in [9.17, 15) is 4.79 Å². The van der Waals surface area contributed by atoms with Gasteiger partial charge in [-0.05, 0) is 24.6 Å². The Balaban J connectivity index is 2.05. The fourth-order valence-electron chi connectivity index (χ4n) is 1.93. The smallest absolute Gasteiger partial charge is 0.270 e. The van der Waals surface area contributed by atoms with Gasteiger partial charge in [0, 0.05) is 12.6 Å². The molecule has 108 valence electrons. The van der Waals surface area contributed by atoms with Crippen molar-refractivity contribution in [3.8, 4) is 11.8 Å². The van der Waals surface area contributed by atoms with Crippen LogP contribution >= 0.6 is 0 Å². The van der Waals surface area contributed by atoms with Gasteiger partial charge in [-0.2, -0.15) is 0 Å². The van der Waals surface area contributed by atoms with Crippen molar-refractivity contribution in [3.63, 3.8) is 0 Å². The molecule has 21 heavy (non-hydrogen) atoms. The van der Waals surface area contributed by atoms with Crippen LogP contribution in [-0.2, 0) is 7.05 Å². The van der Waals surface area contributed by atoms with Crippen LogP contribution in [0.5, 0.6) is 0 Å². The minimum Gasteiger partial charge on any atom is -0.384 e. The fourth-order valence-corrected chi connectivity index (χ4v) is 1.93. The normalized spacial score (nSPS) is 11.4. The molecule has 0 spiro atoms. The highest BCUT2D eigenvalue weighted by Crippen LogP contribution is 2.14. The van der Waals surface area contributed by atoms with E-state index in [1.807, 2.05) is 31.2 Å². The van der Waals surface area contributed by atoms with Gasteiger partial charge in [0.25, 0.3) is 5.91 Å². The SMILES string of the molecule is CC(NC(=O)c1cncn1C)c1ccc(C#CCO)cc1. The first-order chi connectivity index (χ1) is 10.1. The molecule has 5 nitrogen and oxygen atoms in total. The number of aliphatic hydroxyl groups excluding tert-OH is 1. The second-order valence-electron chi connectivity index (χ2n) is 4.67. The van der Waals surface area contributed by atoms with E-state index >= 15 is 0 Å². The molecule has 2 N–H and O–H groups in total. The number of rotatable bonds is 3. The maximum Gasteiger partial charge on any atom is 0.270 e. The molecule has 0 fully saturated rings. The third-order valence-electron chi connectivity index (χ3n) is 3.12. The first kappa shape index (κ1) is 14.8. The first-order valence-corrected chi connectivity index (χ1v) is 6.58. The summed E-state index contributed by atoms with van der Waals surface area (Å²) in [7, 11) is 1.78. The minimum absolute atomic E-state index is 0.118. The standard InChI is InChI=1S/C16H17N3O2/c1-12(18-16(21)15-10-17-11-19(15)2)14-7-5-13(6-8-14)4-3-9-20/h5-8,10-12,20H,9H2,1-2H3,(H,18,21). The van der Waals surface area contributed by atoms with Crippen LogP contribution in [0.15, 0.2) is 36.8 Å². The lowest BCUT2D eigenvalue weighted by Crippen LogP contribution is -2.28. The van der Waals surface area contributed by atoms with Gasteiger partial charge in [0.05, 0.1) is 18.6 Å². The number of hydrogen-bond acceptors (Lipinski definition) is 3. The molecule has 0 radical (unpaired) electrons. The predicted octanol–water partition coefficient (Wildman–Crippen LogP) is 1.25. The molecule has 0 saturated carbocycles. The van der Waals surface area contributed by atoms with Crippen molar-refractivity contribution in [2.24, 2.45) is 7.05 Å². The molecule has 2 aromatic rings. The van der Waals surface area contributed by atoms with Crippen LogP contribution in [0.1, 0.15) is 34.6 Å². The zero-order chi connectivity index (χ0) is 15.2. The number of nitrogens with one attached hydrogen (secondary N) is 1. The van der Waals surface area contributed by atoms with Gasteiger partial charge in [-0.25, -0.2) is 4.98 Å². The number of aliphatic hydroxyl groups is 1. The third kappa shape index (κ3) is 3.71. The van der Waals surface area contributed by atoms with Gasteiger partial charge in [-0.3, -0.25) is 4.79 Å². The summed E-state index contributed by atoms with van der Waals surface area (Å²) in [6.45, 7) is 1.77. The lowest BCUT2D eigenvalue weighted by atomic mass is 10.1. The quantitative estimate of drug-likeness (QED) is 0.833. The summed E-state index contributed by atoms with van der Waals surface area (Å²) in [6, 6.07) is 7.44. The number of nitrogens with zero attached hydrogens (tertiary/aromatic N) is 2. The van der Waals surface area contributed by atoms with Crippen molar-refractivity contribution in [2.75, 3.05) is 6.61 Å². The van der Waals surface area contributed by atoms with E-state index in [1.54, 1.807) is 17.9 Å². The highest BCUT2D eigenvalue weighted by Gasteiger charge is 2.13. The largest absolute Gasteiger partial charge is 0.384 e. The van der Waals surface area contributed by atoms with Gasteiger partial charge in [-0.1, -0.05) is 24.0 Å². The number of hydrogen-bond donors (Lipinski definition) is 2. The average molecular weight is 283 g/mol. The molecule has 1 heterocycles. The van der Waals surface area contributed by atoms with Crippen LogP contribution in [-0.4, -0.2) is 27.2 Å². The van der Waals surface area contributed by atoms with Gasteiger partial charge in [0.15, 0.2) is 0 Å². The molecular weight excluding hydrogens is 266 g/mol. The Morgan fingerprint density at radius 2 is 2.14 bits per heavy atom. The molecule has 1 amide bonds. The third-order valence-corrected chi connectivity index (χ3v) is 3.12.